The lowest BCUT2D eigenvalue weighted by atomic mass is 9.85. The van der Waals surface area contributed by atoms with Crippen molar-refractivity contribution in [2.45, 2.75) is 46.1 Å². The zero-order valence-electron chi connectivity index (χ0n) is 52.1. The minimum atomic E-state index is -3.54. The topological polar surface area (TPSA) is 433 Å². The normalized spacial score (nSPS) is 11.6. The summed E-state index contributed by atoms with van der Waals surface area (Å²) in [4.78, 5) is 28.4. The molecule has 0 unspecified atom stereocenters. The number of phenolic OH excluding ortho intramolecular Hbond substituents is 4. The number of hydrogen-bond acceptors (Lipinski definition) is 33. The van der Waals surface area contributed by atoms with Crippen molar-refractivity contribution in [1.82, 2.24) is 39.9 Å². The number of sulfonamides is 2. The van der Waals surface area contributed by atoms with Gasteiger partial charge in [-0.25, -0.2) is 16.8 Å². The Hall–Kier alpha value is -8.48. The molecule has 4 aromatic heterocycles. The van der Waals surface area contributed by atoms with Crippen LogP contribution >= 0.6 is 116 Å². The summed E-state index contributed by atoms with van der Waals surface area (Å²) in [6, 6.07) is 27.7. The first-order chi connectivity index (χ1) is 46.3. The summed E-state index contributed by atoms with van der Waals surface area (Å²) >= 11 is 26.7. The molecule has 0 saturated heterocycles. The molecule has 8 N–H and O–H groups in total. The van der Waals surface area contributed by atoms with Gasteiger partial charge in [0.15, 0.2) is 24.6 Å². The van der Waals surface area contributed by atoms with E-state index in [4.69, 9.17) is 34.8 Å². The Bertz CT molecular complexity index is 4840. The highest BCUT2D eigenvalue weighted by Gasteiger charge is 2.24. The Kier molecular flexibility index (Phi) is 27.7. The van der Waals surface area contributed by atoms with Gasteiger partial charge in [-0.2, -0.15) is 9.36 Å². The highest BCUT2D eigenvalue weighted by atomic mass is 35.5. The molecule has 30 nitrogen and oxygen atoms in total. The van der Waals surface area contributed by atoms with Crippen molar-refractivity contribution in [3.63, 3.8) is 0 Å². The van der Waals surface area contributed by atoms with Gasteiger partial charge >= 0.3 is 0 Å². The lowest BCUT2D eigenvalue weighted by Gasteiger charge is -2.22. The third-order valence-corrected chi connectivity index (χ3v) is 19.4. The van der Waals surface area contributed by atoms with E-state index in [2.05, 4.69) is 101 Å². The Morgan fingerprint density at radius 1 is 0.510 bits per heavy atom. The summed E-state index contributed by atoms with van der Waals surface area (Å²) in [6.07, 6.45) is 7.79. The lowest BCUT2D eigenvalue weighted by molar-refractivity contribution is -0.114. The number of amides is 2. The van der Waals surface area contributed by atoms with Crippen LogP contribution in [0, 0.1) is 0 Å². The largest absolute Gasteiger partial charge is 0.506 e. The van der Waals surface area contributed by atoms with Crippen LogP contribution in [0.1, 0.15) is 43.6 Å². The minimum absolute atomic E-state index is 0.0196. The predicted octanol–water partition coefficient (Wildman–Crippen LogP) is 17.7. The number of carbonyl (C=O) groups is 2. The Balaban J connectivity index is 0.000000203. The molecule has 0 aliphatic rings. The monoisotopic (exact) mass is 1560 g/mol. The van der Waals surface area contributed by atoms with Crippen molar-refractivity contribution >= 4 is 214 Å². The molecule has 10 rings (SSSR count). The molecule has 0 aliphatic carbocycles. The van der Waals surface area contributed by atoms with Gasteiger partial charge in [0.05, 0.1) is 61.7 Å². The van der Waals surface area contributed by atoms with Crippen LogP contribution in [0.15, 0.2) is 163 Å². The maximum Gasteiger partial charge on any atom is 0.255 e. The first kappa shape index (κ1) is 76.9. The number of nitrogens with one attached hydrogen (secondary N) is 4. The Labute approximate surface area is 603 Å². The fourth-order valence-electron chi connectivity index (χ4n) is 7.21. The summed E-state index contributed by atoms with van der Waals surface area (Å²) in [5.41, 5.74) is 3.46. The zero-order chi connectivity index (χ0) is 71.5. The molecule has 0 spiro atoms. The second kappa shape index (κ2) is 35.3. The van der Waals surface area contributed by atoms with Crippen molar-refractivity contribution < 1.29 is 46.9 Å². The molecule has 6 aromatic carbocycles. The highest BCUT2D eigenvalue weighted by Crippen LogP contribution is 2.42. The fraction of sp³-hybridized carbons (Fsp3) is 0.179. The molecule has 512 valence electrons. The molecule has 0 atom stereocenters. The van der Waals surface area contributed by atoms with Crippen molar-refractivity contribution in [1.29, 1.82) is 0 Å². The van der Waals surface area contributed by atoms with Crippen LogP contribution in [-0.2, 0) is 30.3 Å². The smallest absolute Gasteiger partial charge is 0.255 e. The van der Waals surface area contributed by atoms with Crippen molar-refractivity contribution in [2.75, 3.05) is 51.4 Å². The van der Waals surface area contributed by atoms with E-state index < -0.39 is 31.4 Å². The van der Waals surface area contributed by atoms with Gasteiger partial charge in [0.2, 0.25) is 31.1 Å². The predicted molar refractivity (Wildman–Crippen MR) is 389 cm³/mol. The summed E-state index contributed by atoms with van der Waals surface area (Å²) in [5.74, 6) is -0.849. The molecule has 4 heterocycles. The SMILES string of the molecule is CC(C)(C)c1cc(N=Nc2nc(-c3cccc(NS(C)(=O)=O)c3)ns2)cc(NC(=O)c2cccc(NS(C)(=O)=O)c2)c1O.CSc1nnc(N=Nc2cc(Cl)c(O)c(Cl)c2)s1.CSc1nnc(N=Nc2ccc(O)c(Cl)c2)s1.CSc1nnc(N=Nc2ccc(O)c(NC(C)=O)c2)s1. The van der Waals surface area contributed by atoms with Crippen LogP contribution < -0.4 is 20.1 Å². The zero-order valence-corrected chi connectivity index (χ0v) is 61.7. The number of carbonyl (C=O) groups excluding carboxylic acids is 2. The average molecular weight is 1560 g/mol. The number of rotatable bonds is 19. The van der Waals surface area contributed by atoms with Crippen molar-refractivity contribution in [2.24, 2.45) is 40.9 Å². The molecule has 0 fully saturated rings. The van der Waals surface area contributed by atoms with Crippen LogP contribution in [-0.4, -0.2) is 120 Å². The Morgan fingerprint density at radius 3 is 1.46 bits per heavy atom. The molecule has 2 amide bonds. The van der Waals surface area contributed by atoms with Gasteiger partial charge in [0.1, 0.15) is 17.2 Å². The number of aromatic hydroxyl groups is 4. The first-order valence-corrected chi connectivity index (χ1v) is 38.9. The number of anilines is 4. The molecule has 42 heteroatoms. The van der Waals surface area contributed by atoms with Gasteiger partial charge < -0.3 is 31.1 Å². The van der Waals surface area contributed by atoms with Crippen LogP contribution in [0.2, 0.25) is 15.1 Å². The fourth-order valence-corrected chi connectivity index (χ4v) is 12.7. The van der Waals surface area contributed by atoms with Crippen LogP contribution in [0.3, 0.4) is 0 Å². The molecular weight excluding hydrogens is 1510 g/mol. The van der Waals surface area contributed by atoms with Crippen molar-refractivity contribution in [3.05, 3.63) is 135 Å². The highest BCUT2D eigenvalue weighted by molar-refractivity contribution is 8.00. The van der Waals surface area contributed by atoms with E-state index in [-0.39, 0.29) is 71.7 Å². The first-order valence-electron chi connectivity index (χ1n) is 27.1. The average Bonchev–Trinajstić information content (AvgIpc) is 1.12. The second-order valence-electron chi connectivity index (χ2n) is 20.1. The number of thioether (sulfide) groups is 3. The molecule has 0 radical (unpaired) electrons. The van der Waals surface area contributed by atoms with E-state index in [9.17, 15) is 46.9 Å². The van der Waals surface area contributed by atoms with Gasteiger partial charge in [-0.3, -0.25) is 19.0 Å². The third kappa shape index (κ3) is 24.5. The molecule has 98 heavy (non-hydrogen) atoms. The van der Waals surface area contributed by atoms with E-state index >= 15 is 0 Å². The van der Waals surface area contributed by atoms with E-state index in [1.54, 1.807) is 42.5 Å². The van der Waals surface area contributed by atoms with Crippen LogP contribution in [0.4, 0.5) is 66.0 Å². The molecule has 0 saturated carbocycles. The van der Waals surface area contributed by atoms with E-state index in [0.717, 1.165) is 37.1 Å². The van der Waals surface area contributed by atoms with E-state index in [0.29, 0.717) is 60.8 Å². The second-order valence-corrected chi connectivity index (χ2v) is 31.6. The Morgan fingerprint density at radius 2 is 0.969 bits per heavy atom. The third-order valence-electron chi connectivity index (χ3n) is 11.4. The quantitative estimate of drug-likeness (QED) is 0.0212. The van der Waals surface area contributed by atoms with Gasteiger partial charge in [0.25, 0.3) is 21.3 Å². The summed E-state index contributed by atoms with van der Waals surface area (Å²) < 4.78 is 57.8. The van der Waals surface area contributed by atoms with Gasteiger partial charge in [-0.1, -0.05) is 143 Å². The summed E-state index contributed by atoms with van der Waals surface area (Å²) in [7, 11) is -7.00. The van der Waals surface area contributed by atoms with Crippen LogP contribution in [0.25, 0.3) is 11.4 Å². The maximum absolute atomic E-state index is 13.1. The molecule has 0 aliphatic heterocycles. The maximum atomic E-state index is 13.1. The van der Waals surface area contributed by atoms with Gasteiger partial charge in [0, 0.05) is 46.5 Å². The van der Waals surface area contributed by atoms with E-state index in [1.807, 2.05) is 39.5 Å². The van der Waals surface area contributed by atoms with Gasteiger partial charge in [-0.05, 0) is 115 Å². The van der Waals surface area contributed by atoms with Gasteiger partial charge in [-0.15, -0.1) is 71.5 Å². The number of hydrogen-bond donors (Lipinski definition) is 8. The number of benzene rings is 6. The van der Waals surface area contributed by atoms with E-state index in [1.165, 1.54) is 143 Å². The number of phenols is 4. The lowest BCUT2D eigenvalue weighted by Crippen LogP contribution is -2.16. The van der Waals surface area contributed by atoms with Crippen molar-refractivity contribution in [3.8, 4) is 34.4 Å². The number of nitrogens with zero attached hydrogens (tertiary/aromatic N) is 16. The standard InChI is InChI=1S/C27H29N7O6S3.C11H11N5O2S2.C9H6Cl2N4OS2.C9H7ClN4OS2/c1-27(2,3)21-14-20(15-22(23(21)35)28-25(36)17-9-7-11-19(13-17)34-43(5,39)40)30-31-26-29-24(32-41-26)16-8-6-10-18(12-16)33-42(4,37)38;1-6(17)12-8-5-7(3-4-9(8)18)13-14-10-15-16-11(19-2)20-10;1-17-9-15-14-8(18-9)13-12-4-2-5(10)7(16)6(11)3-4;1-16-9-14-13-8(17-9)12-11-5-2-3-7(15)6(10)4-5/h6-15,33-35H,1-5H3,(H,28,36);3-5,18H,1-2H3,(H,12,17);2-3,16H,1H3;2-4,15H,1H3. The number of azo groups is 4. The number of aromatic nitrogens is 8. The number of halogens is 3. The molecule has 10 aromatic rings. The molecular formula is C56H53Cl3N20O10S9. The molecule has 0 bridgehead atoms. The van der Waals surface area contributed by atoms with Crippen LogP contribution in [0.5, 0.6) is 23.0 Å². The summed E-state index contributed by atoms with van der Waals surface area (Å²) in [6.45, 7) is 7.02. The minimum Gasteiger partial charge on any atom is -0.506 e. The summed E-state index contributed by atoms with van der Waals surface area (Å²) in [5, 5.41) is 102.